The first-order valence-corrected chi connectivity index (χ1v) is 11.9. The summed E-state index contributed by atoms with van der Waals surface area (Å²) in [6.45, 7) is 3.16. The van der Waals surface area contributed by atoms with E-state index >= 15 is 0 Å². The number of imidazole rings is 1. The van der Waals surface area contributed by atoms with Gasteiger partial charge in [-0.2, -0.15) is 0 Å². The maximum atomic E-state index is 6.30. The van der Waals surface area contributed by atoms with Crippen LogP contribution in [0.5, 0.6) is 5.75 Å². The summed E-state index contributed by atoms with van der Waals surface area (Å²) >= 11 is 1.63. The maximum absolute atomic E-state index is 6.30. The fourth-order valence-electron chi connectivity index (χ4n) is 4.15. The first kappa shape index (κ1) is 20.1. The van der Waals surface area contributed by atoms with Gasteiger partial charge in [0.2, 0.25) is 0 Å². The van der Waals surface area contributed by atoms with Crippen LogP contribution in [0.3, 0.4) is 0 Å². The second kappa shape index (κ2) is 9.12. The zero-order valence-electron chi connectivity index (χ0n) is 17.6. The predicted molar refractivity (Wildman–Crippen MR) is 126 cm³/mol. The Hall–Kier alpha value is -2.83. The molecule has 1 fully saturated rings. The molecule has 2 aromatic carbocycles. The van der Waals surface area contributed by atoms with Crippen LogP contribution in [0, 0.1) is 0 Å². The van der Waals surface area contributed by atoms with Gasteiger partial charge < -0.3 is 4.74 Å². The van der Waals surface area contributed by atoms with Crippen LogP contribution in [-0.2, 0) is 6.54 Å². The Balaban J connectivity index is 1.23. The Kier molecular flexibility index (Phi) is 5.91. The number of pyridine rings is 1. The molecule has 1 saturated heterocycles. The number of benzene rings is 2. The third kappa shape index (κ3) is 4.45. The summed E-state index contributed by atoms with van der Waals surface area (Å²) in [6, 6.07) is 22.9. The molecule has 158 valence electrons. The Labute approximate surface area is 187 Å². The van der Waals surface area contributed by atoms with E-state index in [1.165, 1.54) is 5.56 Å². The Morgan fingerprint density at radius 2 is 1.74 bits per heavy atom. The summed E-state index contributed by atoms with van der Waals surface area (Å²) in [5.41, 5.74) is 4.22. The van der Waals surface area contributed by atoms with Crippen molar-refractivity contribution in [1.29, 1.82) is 0 Å². The van der Waals surface area contributed by atoms with Gasteiger partial charge in [0.15, 0.2) is 10.8 Å². The minimum Gasteiger partial charge on any atom is -0.490 e. The number of likely N-dealkylation sites (tertiary alicyclic amines) is 1. The van der Waals surface area contributed by atoms with Crippen molar-refractivity contribution in [3.05, 3.63) is 78.5 Å². The van der Waals surface area contributed by atoms with Crippen molar-refractivity contribution in [2.24, 2.45) is 0 Å². The van der Waals surface area contributed by atoms with E-state index in [1.54, 1.807) is 11.8 Å². The quantitative estimate of drug-likeness (QED) is 0.394. The fraction of sp³-hybridized carbons (Fsp3) is 0.280. The van der Waals surface area contributed by atoms with E-state index in [-0.39, 0.29) is 6.10 Å². The molecule has 1 aliphatic rings. The smallest absolute Gasteiger partial charge is 0.174 e. The normalized spacial score (nSPS) is 15.4. The summed E-state index contributed by atoms with van der Waals surface area (Å²) in [5, 5.41) is 0.938. The lowest BCUT2D eigenvalue weighted by Crippen LogP contribution is -2.37. The highest BCUT2D eigenvalue weighted by Gasteiger charge is 2.21. The largest absolute Gasteiger partial charge is 0.490 e. The van der Waals surface area contributed by atoms with E-state index in [0.29, 0.717) is 0 Å². The number of hydrogen-bond acceptors (Lipinski definition) is 5. The number of aromatic nitrogens is 3. The second-order valence-electron chi connectivity index (χ2n) is 7.85. The number of fused-ring (bicyclic) bond motifs is 1. The van der Waals surface area contributed by atoms with E-state index in [4.69, 9.17) is 4.74 Å². The lowest BCUT2D eigenvalue weighted by Gasteiger charge is -2.32. The van der Waals surface area contributed by atoms with Crippen LogP contribution in [0.15, 0.2) is 78.1 Å². The molecule has 3 heterocycles. The molecule has 2 aromatic heterocycles. The number of piperidine rings is 1. The number of ether oxygens (including phenoxy) is 1. The highest BCUT2D eigenvalue weighted by atomic mass is 32.2. The lowest BCUT2D eigenvalue weighted by atomic mass is 10.1. The first-order valence-electron chi connectivity index (χ1n) is 10.7. The topological polar surface area (TPSA) is 43.2 Å². The van der Waals surface area contributed by atoms with Crippen molar-refractivity contribution in [2.45, 2.75) is 30.6 Å². The molecule has 31 heavy (non-hydrogen) atoms. The zero-order valence-corrected chi connectivity index (χ0v) is 18.5. The molecule has 1 aliphatic heterocycles. The summed E-state index contributed by atoms with van der Waals surface area (Å²) in [5.74, 6) is 0.924. The molecule has 6 heteroatoms. The van der Waals surface area contributed by atoms with E-state index in [1.807, 2.05) is 24.6 Å². The molecule has 0 radical (unpaired) electrons. The zero-order chi connectivity index (χ0) is 21.0. The molecule has 5 rings (SSSR count). The van der Waals surface area contributed by atoms with Gasteiger partial charge in [0, 0.05) is 31.5 Å². The van der Waals surface area contributed by atoms with Gasteiger partial charge in [-0.05, 0) is 61.1 Å². The molecule has 0 bridgehead atoms. The molecule has 0 amide bonds. The summed E-state index contributed by atoms with van der Waals surface area (Å²) < 4.78 is 8.40. The van der Waals surface area contributed by atoms with Crippen LogP contribution in [-0.4, -0.2) is 44.9 Å². The molecule has 0 spiro atoms. The van der Waals surface area contributed by atoms with Gasteiger partial charge >= 0.3 is 0 Å². The van der Waals surface area contributed by atoms with Crippen LogP contribution in [0.4, 0.5) is 0 Å². The van der Waals surface area contributed by atoms with Gasteiger partial charge in [-0.15, -0.1) is 0 Å². The predicted octanol–water partition coefficient (Wildman–Crippen LogP) is 5.19. The molecule has 0 unspecified atom stereocenters. The molecule has 0 N–H and O–H groups in total. The monoisotopic (exact) mass is 430 g/mol. The maximum Gasteiger partial charge on any atom is 0.174 e. The second-order valence-corrected chi connectivity index (χ2v) is 8.63. The number of hydrogen-bond donors (Lipinski definition) is 0. The molecule has 0 saturated carbocycles. The summed E-state index contributed by atoms with van der Waals surface area (Å²) in [4.78, 5) is 11.7. The van der Waals surface area contributed by atoms with Crippen molar-refractivity contribution in [2.75, 3.05) is 19.3 Å². The average molecular weight is 431 g/mol. The minimum atomic E-state index is 0.273. The van der Waals surface area contributed by atoms with Crippen LogP contribution in [0.2, 0.25) is 0 Å². The SMILES string of the molecule is CSc1nc2cccnc2n1-c1ccc(OC2CCN(Cc3ccccc3)CC2)cc1. The van der Waals surface area contributed by atoms with Gasteiger partial charge in [-0.25, -0.2) is 9.97 Å². The fourth-order valence-corrected chi connectivity index (χ4v) is 4.72. The molecular weight excluding hydrogens is 404 g/mol. The van der Waals surface area contributed by atoms with Crippen molar-refractivity contribution >= 4 is 22.9 Å². The Morgan fingerprint density at radius 1 is 0.968 bits per heavy atom. The van der Waals surface area contributed by atoms with Crippen molar-refractivity contribution in [1.82, 2.24) is 19.4 Å². The van der Waals surface area contributed by atoms with E-state index in [9.17, 15) is 0 Å². The number of nitrogens with zero attached hydrogens (tertiary/aromatic N) is 4. The van der Waals surface area contributed by atoms with Crippen LogP contribution >= 0.6 is 11.8 Å². The minimum absolute atomic E-state index is 0.273. The van der Waals surface area contributed by atoms with Crippen molar-refractivity contribution < 1.29 is 4.74 Å². The van der Waals surface area contributed by atoms with E-state index < -0.39 is 0 Å². The third-order valence-electron chi connectivity index (χ3n) is 5.75. The molecule has 4 aromatic rings. The van der Waals surface area contributed by atoms with Gasteiger partial charge in [-0.1, -0.05) is 42.1 Å². The third-order valence-corrected chi connectivity index (χ3v) is 6.39. The van der Waals surface area contributed by atoms with Crippen LogP contribution < -0.4 is 4.74 Å². The highest BCUT2D eigenvalue weighted by Crippen LogP contribution is 2.27. The lowest BCUT2D eigenvalue weighted by molar-refractivity contribution is 0.0968. The van der Waals surface area contributed by atoms with Gasteiger partial charge in [0.25, 0.3) is 0 Å². The van der Waals surface area contributed by atoms with Crippen molar-refractivity contribution in [3.8, 4) is 11.4 Å². The molecular formula is C25H26N4OS. The van der Waals surface area contributed by atoms with E-state index in [2.05, 4.69) is 74.0 Å². The van der Waals surface area contributed by atoms with Gasteiger partial charge in [-0.3, -0.25) is 9.47 Å². The standard InChI is InChI=1S/C25H26N4OS/c1-31-25-27-23-8-5-15-26-24(23)29(25)20-9-11-21(12-10-20)30-22-13-16-28(17-14-22)18-19-6-3-2-4-7-19/h2-12,15,22H,13-14,16-18H2,1H3. The first-order chi connectivity index (χ1) is 15.3. The van der Waals surface area contributed by atoms with Crippen LogP contribution in [0.25, 0.3) is 16.9 Å². The summed E-state index contributed by atoms with van der Waals surface area (Å²) in [6.07, 6.45) is 6.24. The average Bonchev–Trinajstić information content (AvgIpc) is 3.20. The molecule has 0 atom stereocenters. The highest BCUT2D eigenvalue weighted by molar-refractivity contribution is 7.98. The number of rotatable bonds is 6. The van der Waals surface area contributed by atoms with Gasteiger partial charge in [0.1, 0.15) is 17.4 Å². The molecule has 0 aliphatic carbocycles. The van der Waals surface area contributed by atoms with Crippen molar-refractivity contribution in [3.63, 3.8) is 0 Å². The Bertz CT molecular complexity index is 1140. The number of thioether (sulfide) groups is 1. The Morgan fingerprint density at radius 3 is 2.48 bits per heavy atom. The summed E-state index contributed by atoms with van der Waals surface area (Å²) in [7, 11) is 0. The van der Waals surface area contributed by atoms with Gasteiger partial charge in [0.05, 0.1) is 0 Å². The molecule has 5 nitrogen and oxygen atoms in total. The van der Waals surface area contributed by atoms with E-state index in [0.717, 1.165) is 60.2 Å². The van der Waals surface area contributed by atoms with Crippen LogP contribution in [0.1, 0.15) is 18.4 Å².